The highest BCUT2D eigenvalue weighted by Crippen LogP contribution is 2.32. The van der Waals surface area contributed by atoms with E-state index in [1.165, 1.54) is 12.1 Å². The lowest BCUT2D eigenvalue weighted by Crippen LogP contribution is -2.37. The van der Waals surface area contributed by atoms with Crippen LogP contribution < -0.4 is 20.1 Å². The molecule has 0 saturated carbocycles. The van der Waals surface area contributed by atoms with Crippen molar-refractivity contribution in [2.75, 3.05) is 19.0 Å². The second-order valence-corrected chi connectivity index (χ2v) is 6.34. The van der Waals surface area contributed by atoms with Gasteiger partial charge in [0.2, 0.25) is 0 Å². The summed E-state index contributed by atoms with van der Waals surface area (Å²) in [6.45, 7) is -0.205. The molecule has 25 heavy (non-hydrogen) atoms. The number of carbonyl (C=O) groups is 1. The molecular weight excluding hydrogens is 407 g/mol. The highest BCUT2D eigenvalue weighted by atomic mass is 35.5. The molecule has 0 saturated heterocycles. The number of thiocarbonyl (C=S) groups is 1. The molecule has 0 aliphatic rings. The first-order valence-electron chi connectivity index (χ1n) is 6.91. The summed E-state index contributed by atoms with van der Waals surface area (Å²) in [6.07, 6.45) is 0. The van der Waals surface area contributed by atoms with Crippen LogP contribution in [-0.4, -0.2) is 24.7 Å². The summed E-state index contributed by atoms with van der Waals surface area (Å²) in [5.41, 5.74) is 0.428. The number of benzene rings is 2. The fourth-order valence-electron chi connectivity index (χ4n) is 1.76. The third-order valence-corrected chi connectivity index (χ3v) is 4.18. The zero-order chi connectivity index (χ0) is 18.4. The van der Waals surface area contributed by atoms with Crippen LogP contribution >= 0.6 is 47.0 Å². The Balaban J connectivity index is 1.85. The predicted octanol–water partition coefficient (Wildman–Crippen LogP) is 4.55. The Kier molecular flexibility index (Phi) is 7.13. The smallest absolute Gasteiger partial charge is 0.264 e. The second kappa shape index (κ2) is 9.10. The number of hydrogen-bond donors (Lipinski definition) is 2. The monoisotopic (exact) mass is 418 g/mol. The first-order chi connectivity index (χ1) is 11.9. The van der Waals surface area contributed by atoms with Gasteiger partial charge in [-0.2, -0.15) is 0 Å². The zero-order valence-corrected chi connectivity index (χ0v) is 16.0. The van der Waals surface area contributed by atoms with Crippen molar-refractivity contribution in [3.05, 3.63) is 51.5 Å². The fourth-order valence-corrected chi connectivity index (χ4v) is 2.57. The number of ether oxygens (including phenoxy) is 2. The van der Waals surface area contributed by atoms with Gasteiger partial charge in [0.15, 0.2) is 11.7 Å². The van der Waals surface area contributed by atoms with E-state index in [-0.39, 0.29) is 11.7 Å². The van der Waals surface area contributed by atoms with Crippen LogP contribution in [0.5, 0.6) is 11.5 Å². The Morgan fingerprint density at radius 2 is 1.64 bits per heavy atom. The van der Waals surface area contributed by atoms with Crippen LogP contribution in [0.2, 0.25) is 15.1 Å². The molecule has 1 amide bonds. The molecule has 0 spiro atoms. The average molecular weight is 420 g/mol. The molecule has 0 bridgehead atoms. The fraction of sp³-hybridized carbons (Fsp3) is 0.125. The molecule has 0 radical (unpaired) electrons. The maximum Gasteiger partial charge on any atom is 0.264 e. The molecule has 2 aromatic carbocycles. The first kappa shape index (κ1) is 19.6. The van der Waals surface area contributed by atoms with Crippen molar-refractivity contribution in [1.29, 1.82) is 0 Å². The van der Waals surface area contributed by atoms with E-state index in [1.807, 2.05) is 0 Å². The average Bonchev–Trinajstić information content (AvgIpc) is 2.58. The summed E-state index contributed by atoms with van der Waals surface area (Å²) < 4.78 is 10.4. The summed E-state index contributed by atoms with van der Waals surface area (Å²) in [5, 5.41) is 6.26. The van der Waals surface area contributed by atoms with Crippen molar-refractivity contribution in [3.8, 4) is 11.5 Å². The highest BCUT2D eigenvalue weighted by molar-refractivity contribution is 7.80. The van der Waals surface area contributed by atoms with Crippen molar-refractivity contribution in [3.63, 3.8) is 0 Å². The number of hydrogen-bond acceptors (Lipinski definition) is 4. The van der Waals surface area contributed by atoms with Crippen molar-refractivity contribution < 1.29 is 14.3 Å². The molecule has 0 aromatic heterocycles. The summed E-state index contributed by atoms with van der Waals surface area (Å²) in [6, 6.07) is 9.83. The third-order valence-electron chi connectivity index (χ3n) is 2.94. The lowest BCUT2D eigenvalue weighted by molar-refractivity contribution is -0.121. The SMILES string of the molecule is COc1ccc(OCC(=O)NC(=S)Nc2cc(Cl)c(Cl)cc2Cl)cc1. The maximum absolute atomic E-state index is 11.9. The van der Waals surface area contributed by atoms with Crippen LogP contribution in [0.15, 0.2) is 36.4 Å². The van der Waals surface area contributed by atoms with Gasteiger partial charge in [-0.15, -0.1) is 0 Å². The van der Waals surface area contributed by atoms with Crippen molar-refractivity contribution in [2.45, 2.75) is 0 Å². The molecule has 0 atom stereocenters. The molecule has 2 N–H and O–H groups in total. The Morgan fingerprint density at radius 3 is 2.28 bits per heavy atom. The molecule has 132 valence electrons. The van der Waals surface area contributed by atoms with Gasteiger partial charge in [-0.25, -0.2) is 0 Å². The van der Waals surface area contributed by atoms with Gasteiger partial charge in [0.1, 0.15) is 11.5 Å². The lowest BCUT2D eigenvalue weighted by Gasteiger charge is -2.12. The highest BCUT2D eigenvalue weighted by Gasteiger charge is 2.10. The quantitative estimate of drug-likeness (QED) is 0.550. The number of methoxy groups -OCH3 is 1. The Morgan fingerprint density at radius 1 is 1.04 bits per heavy atom. The maximum atomic E-state index is 11.9. The molecule has 5 nitrogen and oxygen atoms in total. The zero-order valence-electron chi connectivity index (χ0n) is 12.9. The molecule has 0 unspecified atom stereocenters. The molecule has 0 aliphatic carbocycles. The summed E-state index contributed by atoms with van der Waals surface area (Å²) in [5.74, 6) is 0.799. The number of amides is 1. The van der Waals surface area contributed by atoms with E-state index in [4.69, 9.17) is 56.5 Å². The Bertz CT molecular complexity index is 785. The Labute approximate surface area is 165 Å². The van der Waals surface area contributed by atoms with E-state index in [9.17, 15) is 4.79 Å². The summed E-state index contributed by atoms with van der Waals surface area (Å²) >= 11 is 22.9. The number of rotatable bonds is 5. The van der Waals surface area contributed by atoms with Gasteiger partial charge in [0, 0.05) is 0 Å². The minimum Gasteiger partial charge on any atom is -0.497 e. The molecule has 0 heterocycles. The topological polar surface area (TPSA) is 59.6 Å². The molecule has 0 fully saturated rings. The predicted molar refractivity (Wildman–Crippen MR) is 104 cm³/mol. The molecule has 2 rings (SSSR count). The van der Waals surface area contributed by atoms with Crippen molar-refractivity contribution >= 4 is 63.7 Å². The summed E-state index contributed by atoms with van der Waals surface area (Å²) in [4.78, 5) is 11.9. The van der Waals surface area contributed by atoms with E-state index < -0.39 is 5.91 Å². The number of carbonyl (C=O) groups excluding carboxylic acids is 1. The van der Waals surface area contributed by atoms with Crippen molar-refractivity contribution in [2.24, 2.45) is 0 Å². The van der Waals surface area contributed by atoms with Crippen LogP contribution in [0.3, 0.4) is 0 Å². The van der Waals surface area contributed by atoms with Gasteiger partial charge in [0.25, 0.3) is 5.91 Å². The first-order valence-corrected chi connectivity index (χ1v) is 8.45. The van der Waals surface area contributed by atoms with E-state index in [0.29, 0.717) is 32.3 Å². The normalized spacial score (nSPS) is 10.1. The standard InChI is InChI=1S/C16H13Cl3N2O3S/c1-23-9-2-4-10(5-3-9)24-8-15(22)21-16(25)20-14-7-12(18)11(17)6-13(14)19/h2-7H,8H2,1H3,(H2,20,21,22,25). The van der Waals surface area contributed by atoms with Crippen molar-refractivity contribution in [1.82, 2.24) is 5.32 Å². The number of halogens is 3. The van der Waals surface area contributed by atoms with Gasteiger partial charge in [-0.05, 0) is 48.6 Å². The van der Waals surface area contributed by atoms with Gasteiger partial charge in [0.05, 0.1) is 27.9 Å². The second-order valence-electron chi connectivity index (χ2n) is 4.71. The molecule has 2 aromatic rings. The van der Waals surface area contributed by atoms with E-state index in [1.54, 1.807) is 31.4 Å². The summed E-state index contributed by atoms with van der Waals surface area (Å²) in [7, 11) is 1.57. The van der Waals surface area contributed by atoms with Gasteiger partial charge in [-0.3, -0.25) is 10.1 Å². The molecular formula is C16H13Cl3N2O3S. The van der Waals surface area contributed by atoms with Gasteiger partial charge in [-0.1, -0.05) is 34.8 Å². The molecule has 0 aliphatic heterocycles. The van der Waals surface area contributed by atoms with Crippen LogP contribution in [0.1, 0.15) is 0 Å². The van der Waals surface area contributed by atoms with E-state index in [2.05, 4.69) is 10.6 Å². The van der Waals surface area contributed by atoms with E-state index in [0.717, 1.165) is 0 Å². The van der Waals surface area contributed by atoms with Crippen LogP contribution in [0.4, 0.5) is 5.69 Å². The number of anilines is 1. The minimum atomic E-state index is -0.426. The minimum absolute atomic E-state index is 0.0589. The van der Waals surface area contributed by atoms with Crippen LogP contribution in [0.25, 0.3) is 0 Å². The van der Waals surface area contributed by atoms with Crippen LogP contribution in [-0.2, 0) is 4.79 Å². The lowest BCUT2D eigenvalue weighted by atomic mass is 10.3. The Hall–Kier alpha value is -1.73. The van der Waals surface area contributed by atoms with Gasteiger partial charge < -0.3 is 14.8 Å². The van der Waals surface area contributed by atoms with E-state index >= 15 is 0 Å². The van der Waals surface area contributed by atoms with Gasteiger partial charge >= 0.3 is 0 Å². The van der Waals surface area contributed by atoms with Crippen LogP contribution in [0, 0.1) is 0 Å². The third kappa shape index (κ3) is 5.93. The number of nitrogens with one attached hydrogen (secondary N) is 2. The largest absolute Gasteiger partial charge is 0.497 e. The molecule has 9 heteroatoms.